The average Bonchev–Trinajstić information content (AvgIpc) is 3.11. The van der Waals surface area contributed by atoms with Crippen LogP contribution in [-0.2, 0) is 27.4 Å². The van der Waals surface area contributed by atoms with E-state index in [0.29, 0.717) is 18.5 Å². The Morgan fingerprint density at radius 1 is 1.27 bits per heavy atom. The molecule has 33 heavy (non-hydrogen) atoms. The van der Waals surface area contributed by atoms with Crippen LogP contribution < -0.4 is 5.76 Å². The minimum absolute atomic E-state index is 0.0739. The molecule has 0 bridgehead atoms. The molecule has 1 aromatic carbocycles. The average molecular weight is 456 g/mol. The third-order valence-corrected chi connectivity index (χ3v) is 4.98. The predicted octanol–water partition coefficient (Wildman–Crippen LogP) is 2.66. The summed E-state index contributed by atoms with van der Waals surface area (Å²) in [6.45, 7) is 2.69. The van der Waals surface area contributed by atoms with Crippen molar-refractivity contribution in [3.05, 3.63) is 69.0 Å². The quantitative estimate of drug-likeness (QED) is 0.244. The second-order valence-electron chi connectivity index (χ2n) is 7.26. The lowest BCUT2D eigenvalue weighted by Gasteiger charge is -2.22. The Balaban J connectivity index is 1.65. The van der Waals surface area contributed by atoms with Gasteiger partial charge >= 0.3 is 11.7 Å². The van der Waals surface area contributed by atoms with E-state index < -0.39 is 10.7 Å². The summed E-state index contributed by atoms with van der Waals surface area (Å²) in [6, 6.07) is 7.56. The molecule has 0 unspecified atom stereocenters. The number of carbonyl (C=O) groups excluding carboxylic acids is 2. The molecule has 2 aromatic heterocycles. The molecule has 0 saturated carbocycles. The van der Waals surface area contributed by atoms with Crippen molar-refractivity contribution in [1.29, 1.82) is 0 Å². The number of oxazole rings is 1. The fourth-order valence-corrected chi connectivity index (χ4v) is 3.39. The van der Waals surface area contributed by atoms with E-state index in [9.17, 15) is 24.5 Å². The van der Waals surface area contributed by atoms with Crippen LogP contribution in [-0.4, -0.2) is 44.4 Å². The van der Waals surface area contributed by atoms with Crippen molar-refractivity contribution in [3.8, 4) is 0 Å². The first-order valence-electron chi connectivity index (χ1n) is 10.5. The number of hydrogen-bond donors (Lipinski definition) is 0. The van der Waals surface area contributed by atoms with Crippen molar-refractivity contribution in [3.63, 3.8) is 0 Å². The van der Waals surface area contributed by atoms with E-state index in [2.05, 4.69) is 4.98 Å². The lowest BCUT2D eigenvalue weighted by molar-refractivity contribution is -0.384. The Hall–Kier alpha value is -4.02. The monoisotopic (exact) mass is 456 g/mol. The molecule has 0 N–H and O–H groups in total. The van der Waals surface area contributed by atoms with Crippen molar-refractivity contribution in [2.45, 2.75) is 39.3 Å². The van der Waals surface area contributed by atoms with Crippen molar-refractivity contribution < 1.29 is 23.7 Å². The highest BCUT2D eigenvalue weighted by Crippen LogP contribution is 2.20. The maximum atomic E-state index is 12.9. The summed E-state index contributed by atoms with van der Waals surface area (Å²) >= 11 is 0. The number of nitro groups is 1. The predicted molar refractivity (Wildman–Crippen MR) is 117 cm³/mol. The van der Waals surface area contributed by atoms with Gasteiger partial charge in [0.25, 0.3) is 5.69 Å². The van der Waals surface area contributed by atoms with E-state index in [-0.39, 0.29) is 55.7 Å². The second-order valence-corrected chi connectivity index (χ2v) is 7.26. The number of ether oxygens (including phenoxy) is 1. The number of carbonyl (C=O) groups is 2. The smallest absolute Gasteiger partial charge is 0.419 e. The molecular weight excluding hydrogens is 432 g/mol. The van der Waals surface area contributed by atoms with Gasteiger partial charge < -0.3 is 14.1 Å². The van der Waals surface area contributed by atoms with Crippen LogP contribution in [0.5, 0.6) is 0 Å². The molecule has 2 heterocycles. The van der Waals surface area contributed by atoms with E-state index in [4.69, 9.17) is 9.15 Å². The van der Waals surface area contributed by atoms with E-state index in [0.717, 1.165) is 5.56 Å². The highest BCUT2D eigenvalue weighted by atomic mass is 16.6. The molecule has 0 aliphatic carbocycles. The molecule has 0 fully saturated rings. The van der Waals surface area contributed by atoms with Crippen molar-refractivity contribution in [2.75, 3.05) is 13.2 Å². The summed E-state index contributed by atoms with van der Waals surface area (Å²) in [5, 5.41) is 10.9. The Bertz CT molecular complexity index is 1190. The SMILES string of the molecule is CCOC(=O)CCN(Cc1cccnc1)C(=O)CCCn1c(=O)oc2cc([N+](=O)[O-])ccc21. The van der Waals surface area contributed by atoms with Crippen LogP contribution in [0.3, 0.4) is 0 Å². The molecule has 1 amide bonds. The standard InChI is InChI=1S/C22H24N4O7/c1-2-32-21(28)9-12-24(15-16-5-3-10-23-14-16)20(27)6-4-11-25-18-8-7-17(26(30)31)13-19(18)33-22(25)29/h3,5,7-8,10,13-14H,2,4,6,9,11-12,15H2,1H3. The highest BCUT2D eigenvalue weighted by molar-refractivity contribution is 5.78. The van der Waals surface area contributed by atoms with Crippen molar-refractivity contribution >= 4 is 28.7 Å². The fourth-order valence-electron chi connectivity index (χ4n) is 3.39. The molecular formula is C22H24N4O7. The summed E-state index contributed by atoms with van der Waals surface area (Å²) in [6.07, 6.45) is 3.84. The van der Waals surface area contributed by atoms with Gasteiger partial charge in [-0.15, -0.1) is 0 Å². The number of non-ortho nitro benzene ring substituents is 1. The number of fused-ring (bicyclic) bond motifs is 1. The molecule has 11 heteroatoms. The molecule has 3 aromatic rings. The first kappa shape index (κ1) is 23.6. The zero-order valence-electron chi connectivity index (χ0n) is 18.1. The number of aromatic nitrogens is 2. The number of nitrogens with zero attached hydrogens (tertiary/aromatic N) is 4. The Morgan fingerprint density at radius 3 is 2.79 bits per heavy atom. The lowest BCUT2D eigenvalue weighted by Crippen LogP contribution is -2.33. The number of aryl methyl sites for hydroxylation is 1. The normalized spacial score (nSPS) is 10.8. The van der Waals surface area contributed by atoms with Crippen LogP contribution in [0.1, 0.15) is 31.7 Å². The maximum Gasteiger partial charge on any atom is 0.419 e. The van der Waals surface area contributed by atoms with Gasteiger partial charge in [0.2, 0.25) is 5.91 Å². The van der Waals surface area contributed by atoms with Gasteiger partial charge in [-0.3, -0.25) is 29.3 Å². The van der Waals surface area contributed by atoms with Crippen LogP contribution in [0, 0.1) is 10.1 Å². The molecule has 0 aliphatic rings. The van der Waals surface area contributed by atoms with Gasteiger partial charge in [-0.2, -0.15) is 0 Å². The second kappa shape index (κ2) is 11.0. The van der Waals surface area contributed by atoms with Crippen LogP contribution in [0.2, 0.25) is 0 Å². The number of rotatable bonds is 11. The van der Waals surface area contributed by atoms with E-state index in [1.165, 1.54) is 22.8 Å². The van der Waals surface area contributed by atoms with E-state index in [1.807, 2.05) is 6.07 Å². The zero-order chi connectivity index (χ0) is 23.8. The highest BCUT2D eigenvalue weighted by Gasteiger charge is 2.18. The Morgan fingerprint density at radius 2 is 2.09 bits per heavy atom. The van der Waals surface area contributed by atoms with Gasteiger partial charge in [0.05, 0.1) is 29.5 Å². The van der Waals surface area contributed by atoms with Gasteiger partial charge in [-0.05, 0) is 31.0 Å². The molecule has 3 rings (SSSR count). The zero-order valence-corrected chi connectivity index (χ0v) is 18.1. The molecule has 0 radical (unpaired) electrons. The fraction of sp³-hybridized carbons (Fsp3) is 0.364. The lowest BCUT2D eigenvalue weighted by atomic mass is 10.2. The number of esters is 1. The summed E-state index contributed by atoms with van der Waals surface area (Å²) < 4.78 is 11.4. The molecule has 0 atom stereocenters. The first-order valence-corrected chi connectivity index (χ1v) is 10.5. The topological polar surface area (TPSA) is 138 Å². The minimum Gasteiger partial charge on any atom is -0.466 e. The Kier molecular flexibility index (Phi) is 7.90. The number of benzene rings is 1. The summed E-state index contributed by atoms with van der Waals surface area (Å²) in [7, 11) is 0. The maximum absolute atomic E-state index is 12.9. The van der Waals surface area contributed by atoms with Crippen LogP contribution >= 0.6 is 0 Å². The van der Waals surface area contributed by atoms with Crippen LogP contribution in [0.15, 0.2) is 51.9 Å². The molecule has 11 nitrogen and oxygen atoms in total. The molecule has 0 spiro atoms. The third kappa shape index (κ3) is 6.25. The number of pyridine rings is 1. The Labute approximate surface area is 188 Å². The summed E-state index contributed by atoms with van der Waals surface area (Å²) in [5.74, 6) is -1.21. The van der Waals surface area contributed by atoms with E-state index in [1.54, 1.807) is 30.3 Å². The number of amides is 1. The molecule has 174 valence electrons. The summed E-state index contributed by atoms with van der Waals surface area (Å²) in [5.41, 5.74) is 1.19. The van der Waals surface area contributed by atoms with E-state index >= 15 is 0 Å². The van der Waals surface area contributed by atoms with Crippen LogP contribution in [0.25, 0.3) is 11.1 Å². The van der Waals surface area contributed by atoms with Gasteiger partial charge in [0.15, 0.2) is 5.58 Å². The minimum atomic E-state index is -0.646. The summed E-state index contributed by atoms with van der Waals surface area (Å²) in [4.78, 5) is 52.8. The third-order valence-electron chi connectivity index (χ3n) is 4.98. The van der Waals surface area contributed by atoms with Crippen molar-refractivity contribution in [2.24, 2.45) is 0 Å². The van der Waals surface area contributed by atoms with Crippen molar-refractivity contribution in [1.82, 2.24) is 14.5 Å². The van der Waals surface area contributed by atoms with Gasteiger partial charge in [0, 0.05) is 44.5 Å². The van der Waals surface area contributed by atoms with Gasteiger partial charge in [0.1, 0.15) is 0 Å². The molecule has 0 saturated heterocycles. The number of nitro benzene ring substituents is 1. The van der Waals surface area contributed by atoms with Gasteiger partial charge in [-0.25, -0.2) is 4.79 Å². The van der Waals surface area contributed by atoms with Gasteiger partial charge in [-0.1, -0.05) is 6.07 Å². The largest absolute Gasteiger partial charge is 0.466 e. The molecule has 0 aliphatic heterocycles. The first-order chi connectivity index (χ1) is 15.9. The van der Waals surface area contributed by atoms with Crippen LogP contribution in [0.4, 0.5) is 5.69 Å². The number of hydrogen-bond acceptors (Lipinski definition) is 8.